The van der Waals surface area contributed by atoms with Gasteiger partial charge in [-0.25, -0.2) is 14.4 Å². The molecule has 1 amide bonds. The van der Waals surface area contributed by atoms with Gasteiger partial charge in [-0.05, 0) is 24.5 Å². The maximum Gasteiger partial charge on any atom is 0.242 e. The second-order valence-corrected chi connectivity index (χ2v) is 6.91. The highest BCUT2D eigenvalue weighted by molar-refractivity contribution is 6.13. The number of anilines is 3. The van der Waals surface area contributed by atoms with Crippen LogP contribution in [0.4, 0.5) is 21.7 Å². The fraction of sp³-hybridized carbons (Fsp3) is 0.250. The van der Waals surface area contributed by atoms with Crippen molar-refractivity contribution in [3.8, 4) is 0 Å². The predicted octanol–water partition coefficient (Wildman–Crippen LogP) is 3.43. The van der Waals surface area contributed by atoms with Crippen molar-refractivity contribution in [2.75, 3.05) is 22.9 Å². The molecule has 1 saturated heterocycles. The van der Waals surface area contributed by atoms with E-state index in [1.54, 1.807) is 23.5 Å². The van der Waals surface area contributed by atoms with Crippen molar-refractivity contribution < 1.29 is 13.6 Å². The van der Waals surface area contributed by atoms with Gasteiger partial charge in [-0.15, -0.1) is 0 Å². The third-order valence-corrected chi connectivity index (χ3v) is 5.54. The highest BCUT2D eigenvalue weighted by Gasteiger charge is 2.52. The standard InChI is InChI=1S/C20H17FN4O2/c21-14-11-22-19(23-12-14)24-8-6-20(7-9-24)16-3-1-2-4-17(16)25(18(20)26)15-5-10-27-13-15/h1-5,10-13H,6-9H2. The molecule has 2 aliphatic rings. The van der Waals surface area contributed by atoms with Gasteiger partial charge in [0.15, 0.2) is 5.82 Å². The lowest BCUT2D eigenvalue weighted by atomic mass is 9.73. The van der Waals surface area contributed by atoms with E-state index in [-0.39, 0.29) is 5.91 Å². The number of para-hydroxylation sites is 1. The molecule has 6 nitrogen and oxygen atoms in total. The molecule has 7 heteroatoms. The smallest absolute Gasteiger partial charge is 0.242 e. The Morgan fingerprint density at radius 1 is 1.07 bits per heavy atom. The van der Waals surface area contributed by atoms with E-state index < -0.39 is 11.2 Å². The fourth-order valence-corrected chi connectivity index (χ4v) is 4.19. The lowest BCUT2D eigenvalue weighted by molar-refractivity contribution is -0.123. The van der Waals surface area contributed by atoms with Crippen molar-refractivity contribution in [1.29, 1.82) is 0 Å². The average molecular weight is 364 g/mol. The Morgan fingerprint density at radius 3 is 2.52 bits per heavy atom. The van der Waals surface area contributed by atoms with E-state index in [0.29, 0.717) is 31.9 Å². The Morgan fingerprint density at radius 2 is 1.81 bits per heavy atom. The number of amides is 1. The number of hydrogen-bond donors (Lipinski definition) is 0. The number of aromatic nitrogens is 2. The number of rotatable bonds is 2. The maximum atomic E-state index is 13.5. The Balaban J connectivity index is 1.48. The van der Waals surface area contributed by atoms with Gasteiger partial charge in [-0.2, -0.15) is 0 Å². The van der Waals surface area contributed by atoms with Crippen LogP contribution in [0.15, 0.2) is 59.7 Å². The van der Waals surface area contributed by atoms with Gasteiger partial charge in [0.2, 0.25) is 11.9 Å². The van der Waals surface area contributed by atoms with Gasteiger partial charge in [0.1, 0.15) is 6.26 Å². The zero-order valence-corrected chi connectivity index (χ0v) is 14.5. The molecule has 0 aliphatic carbocycles. The van der Waals surface area contributed by atoms with Gasteiger partial charge in [-0.3, -0.25) is 9.69 Å². The zero-order chi connectivity index (χ0) is 18.4. The molecular formula is C20H17FN4O2. The molecule has 0 bridgehead atoms. The first-order valence-corrected chi connectivity index (χ1v) is 8.88. The van der Waals surface area contributed by atoms with Crippen molar-refractivity contribution in [2.24, 2.45) is 0 Å². The van der Waals surface area contributed by atoms with E-state index in [4.69, 9.17) is 4.42 Å². The highest BCUT2D eigenvalue weighted by Crippen LogP contribution is 2.50. The summed E-state index contributed by atoms with van der Waals surface area (Å²) in [5.41, 5.74) is 2.14. The predicted molar refractivity (Wildman–Crippen MR) is 97.4 cm³/mol. The van der Waals surface area contributed by atoms with Crippen molar-refractivity contribution in [2.45, 2.75) is 18.3 Å². The number of benzene rings is 1. The van der Waals surface area contributed by atoms with Crippen LogP contribution in [0, 0.1) is 5.82 Å². The lowest BCUT2D eigenvalue weighted by Crippen LogP contribution is -2.48. The molecular weight excluding hydrogens is 347 g/mol. The second kappa shape index (κ2) is 5.90. The second-order valence-electron chi connectivity index (χ2n) is 6.91. The largest absolute Gasteiger partial charge is 0.470 e. The SMILES string of the molecule is O=C1N(c2ccoc2)c2ccccc2C12CCN(c1ncc(F)cn1)CC2. The summed E-state index contributed by atoms with van der Waals surface area (Å²) in [7, 11) is 0. The monoisotopic (exact) mass is 364 g/mol. The lowest BCUT2D eigenvalue weighted by Gasteiger charge is -2.38. The van der Waals surface area contributed by atoms with Crippen molar-refractivity contribution in [3.05, 3.63) is 66.6 Å². The van der Waals surface area contributed by atoms with Crippen molar-refractivity contribution in [3.63, 3.8) is 0 Å². The quantitative estimate of drug-likeness (QED) is 0.697. The number of fused-ring (bicyclic) bond motifs is 2. The molecule has 136 valence electrons. The summed E-state index contributed by atoms with van der Waals surface area (Å²) in [6, 6.07) is 9.74. The molecule has 0 radical (unpaired) electrons. The normalized spacial score (nSPS) is 18.2. The molecule has 0 atom stereocenters. The van der Waals surface area contributed by atoms with Crippen LogP contribution < -0.4 is 9.80 Å². The summed E-state index contributed by atoms with van der Waals surface area (Å²) >= 11 is 0. The van der Waals surface area contributed by atoms with Crippen molar-refractivity contribution >= 4 is 23.2 Å². The molecule has 2 aliphatic heterocycles. The molecule has 1 spiro atoms. The first kappa shape index (κ1) is 16.0. The third kappa shape index (κ3) is 2.34. The number of nitrogens with zero attached hydrogens (tertiary/aromatic N) is 4. The molecule has 4 heterocycles. The molecule has 0 N–H and O–H groups in total. The van der Waals surface area contributed by atoms with E-state index in [2.05, 4.69) is 9.97 Å². The van der Waals surface area contributed by atoms with Crippen LogP contribution in [0.25, 0.3) is 0 Å². The van der Waals surface area contributed by atoms with Gasteiger partial charge in [0, 0.05) is 19.2 Å². The van der Waals surface area contributed by atoms with Crippen LogP contribution >= 0.6 is 0 Å². The number of furan rings is 1. The maximum absolute atomic E-state index is 13.5. The Labute approximate surface area is 155 Å². The number of carbonyl (C=O) groups is 1. The Kier molecular flexibility index (Phi) is 3.50. The number of halogens is 1. The summed E-state index contributed by atoms with van der Waals surface area (Å²) < 4.78 is 18.3. The summed E-state index contributed by atoms with van der Waals surface area (Å²) in [6.07, 6.45) is 6.81. The first-order valence-electron chi connectivity index (χ1n) is 8.88. The summed E-state index contributed by atoms with van der Waals surface area (Å²) in [5, 5.41) is 0. The number of hydrogen-bond acceptors (Lipinski definition) is 5. The van der Waals surface area contributed by atoms with Gasteiger partial charge < -0.3 is 9.32 Å². The molecule has 1 fully saturated rings. The molecule has 0 unspecified atom stereocenters. The first-order chi connectivity index (χ1) is 13.2. The van der Waals surface area contributed by atoms with Crippen LogP contribution in [0.1, 0.15) is 18.4 Å². The zero-order valence-electron chi connectivity index (χ0n) is 14.5. The minimum atomic E-state index is -0.565. The van der Waals surface area contributed by atoms with E-state index in [1.165, 1.54) is 12.4 Å². The van der Waals surface area contributed by atoms with Crippen molar-refractivity contribution in [1.82, 2.24) is 9.97 Å². The third-order valence-electron chi connectivity index (χ3n) is 5.54. The molecule has 0 saturated carbocycles. The highest BCUT2D eigenvalue weighted by atomic mass is 19.1. The fourth-order valence-electron chi connectivity index (χ4n) is 4.19. The topological polar surface area (TPSA) is 62.5 Å². The van der Waals surface area contributed by atoms with E-state index in [9.17, 15) is 9.18 Å². The van der Waals surface area contributed by atoms with Gasteiger partial charge in [-0.1, -0.05) is 18.2 Å². The molecule has 2 aromatic heterocycles. The molecule has 27 heavy (non-hydrogen) atoms. The molecule has 5 rings (SSSR count). The van der Waals surface area contributed by atoms with Crippen LogP contribution in [-0.2, 0) is 10.2 Å². The summed E-state index contributed by atoms with van der Waals surface area (Å²) in [4.78, 5) is 25.4. The number of carbonyl (C=O) groups excluding carboxylic acids is 1. The average Bonchev–Trinajstić information content (AvgIpc) is 3.30. The number of piperidine rings is 1. The minimum Gasteiger partial charge on any atom is -0.470 e. The van der Waals surface area contributed by atoms with Crippen LogP contribution in [0.3, 0.4) is 0 Å². The van der Waals surface area contributed by atoms with Gasteiger partial charge in [0.05, 0.1) is 35.4 Å². The van der Waals surface area contributed by atoms with Gasteiger partial charge >= 0.3 is 0 Å². The van der Waals surface area contributed by atoms with Crippen LogP contribution in [-0.4, -0.2) is 29.0 Å². The van der Waals surface area contributed by atoms with Gasteiger partial charge in [0.25, 0.3) is 0 Å². The van der Waals surface area contributed by atoms with E-state index in [1.807, 2.05) is 29.2 Å². The Hall–Kier alpha value is -3.22. The van der Waals surface area contributed by atoms with Crippen LogP contribution in [0.2, 0.25) is 0 Å². The summed E-state index contributed by atoms with van der Waals surface area (Å²) in [6.45, 7) is 1.26. The minimum absolute atomic E-state index is 0.0739. The van der Waals surface area contributed by atoms with E-state index in [0.717, 1.165) is 16.9 Å². The van der Waals surface area contributed by atoms with E-state index >= 15 is 0 Å². The molecule has 3 aromatic rings. The van der Waals surface area contributed by atoms with Crippen LogP contribution in [0.5, 0.6) is 0 Å². The Bertz CT molecular complexity index is 979. The molecule has 1 aromatic carbocycles. The summed E-state index contributed by atoms with van der Waals surface area (Å²) in [5.74, 6) is 0.115.